The van der Waals surface area contributed by atoms with E-state index in [1.807, 2.05) is 48.8 Å². The van der Waals surface area contributed by atoms with Gasteiger partial charge in [0.2, 0.25) is 0 Å². The zero-order chi connectivity index (χ0) is 32.5. The molecule has 5 aromatic carbocycles. The molecule has 7 rings (SSSR count). The minimum Gasteiger partial charge on any atom is -0.256 e. The standard InChI is InChI=1S/C44H35ClN2/c1-28-21-39(32-11-15-34(16-12-32)43-9-5-7-19-46-43)41(23-30(28)3)36-25-37(27-38(45)26-36)42-24-31(4)29(2)22-40(42)33-13-17-35(18-14-33)44-10-6-8-20-47-44/h5-27H,1-4H3. The van der Waals surface area contributed by atoms with Gasteiger partial charge in [-0.25, -0.2) is 0 Å². The van der Waals surface area contributed by atoms with Gasteiger partial charge < -0.3 is 0 Å². The van der Waals surface area contributed by atoms with Crippen LogP contribution >= 0.6 is 11.6 Å². The highest BCUT2D eigenvalue weighted by atomic mass is 35.5. The topological polar surface area (TPSA) is 25.8 Å². The van der Waals surface area contributed by atoms with Crippen molar-refractivity contribution in [2.24, 2.45) is 0 Å². The molecule has 0 saturated carbocycles. The summed E-state index contributed by atoms with van der Waals surface area (Å²) in [5.41, 5.74) is 18.3. The van der Waals surface area contributed by atoms with Gasteiger partial charge in [0.15, 0.2) is 0 Å². The van der Waals surface area contributed by atoms with E-state index in [-0.39, 0.29) is 0 Å². The lowest BCUT2D eigenvalue weighted by molar-refractivity contribution is 1.32. The van der Waals surface area contributed by atoms with Crippen molar-refractivity contribution in [2.75, 3.05) is 0 Å². The lowest BCUT2D eigenvalue weighted by atomic mass is 9.87. The molecule has 0 amide bonds. The molecule has 0 unspecified atom stereocenters. The molecule has 0 N–H and O–H groups in total. The van der Waals surface area contributed by atoms with E-state index in [1.165, 1.54) is 33.4 Å². The first-order valence-corrected chi connectivity index (χ1v) is 16.3. The fourth-order valence-electron chi connectivity index (χ4n) is 6.20. The van der Waals surface area contributed by atoms with Crippen molar-refractivity contribution in [3.05, 3.63) is 167 Å². The summed E-state index contributed by atoms with van der Waals surface area (Å²) >= 11 is 6.95. The van der Waals surface area contributed by atoms with E-state index in [0.29, 0.717) is 5.02 Å². The summed E-state index contributed by atoms with van der Waals surface area (Å²) < 4.78 is 0. The predicted molar refractivity (Wildman–Crippen MR) is 199 cm³/mol. The van der Waals surface area contributed by atoms with Crippen LogP contribution in [0, 0.1) is 27.7 Å². The maximum absolute atomic E-state index is 6.95. The molecule has 2 heterocycles. The molecule has 0 radical (unpaired) electrons. The van der Waals surface area contributed by atoms with Crippen LogP contribution in [0.25, 0.3) is 67.0 Å². The molecule has 228 valence electrons. The third-order valence-corrected chi connectivity index (χ3v) is 9.32. The van der Waals surface area contributed by atoms with Gasteiger partial charge in [-0.1, -0.05) is 96.5 Å². The van der Waals surface area contributed by atoms with Crippen LogP contribution in [0.4, 0.5) is 0 Å². The highest BCUT2D eigenvalue weighted by Crippen LogP contribution is 2.41. The molecular formula is C44H35ClN2. The molecule has 0 aliphatic heterocycles. The molecule has 47 heavy (non-hydrogen) atoms. The number of rotatable bonds is 6. The smallest absolute Gasteiger partial charge is 0.0701 e. The van der Waals surface area contributed by atoms with Gasteiger partial charge in [-0.3, -0.25) is 9.97 Å². The normalized spacial score (nSPS) is 11.1. The molecule has 0 bridgehead atoms. The number of hydrogen-bond acceptors (Lipinski definition) is 2. The third kappa shape index (κ3) is 6.25. The van der Waals surface area contributed by atoms with Gasteiger partial charge in [-0.15, -0.1) is 0 Å². The molecule has 0 atom stereocenters. The second kappa shape index (κ2) is 12.8. The summed E-state index contributed by atoms with van der Waals surface area (Å²) in [4.78, 5) is 9.06. The maximum Gasteiger partial charge on any atom is 0.0701 e. The lowest BCUT2D eigenvalue weighted by Gasteiger charge is -2.18. The van der Waals surface area contributed by atoms with Gasteiger partial charge in [0.1, 0.15) is 0 Å². The predicted octanol–water partition coefficient (Wildman–Crippen LogP) is 12.4. The van der Waals surface area contributed by atoms with E-state index in [4.69, 9.17) is 11.6 Å². The first-order valence-electron chi connectivity index (χ1n) is 15.9. The highest BCUT2D eigenvalue weighted by molar-refractivity contribution is 6.31. The minimum atomic E-state index is 0.710. The minimum absolute atomic E-state index is 0.710. The third-order valence-electron chi connectivity index (χ3n) is 9.10. The summed E-state index contributed by atoms with van der Waals surface area (Å²) in [7, 11) is 0. The van der Waals surface area contributed by atoms with Gasteiger partial charge in [-0.2, -0.15) is 0 Å². The van der Waals surface area contributed by atoms with Crippen molar-refractivity contribution >= 4 is 11.6 Å². The number of nitrogens with zero attached hydrogens (tertiary/aromatic N) is 2. The molecule has 0 spiro atoms. The number of aryl methyl sites for hydroxylation is 4. The molecule has 7 aromatic rings. The Hall–Kier alpha value is -5.31. The fraction of sp³-hybridized carbons (Fsp3) is 0.0909. The van der Waals surface area contributed by atoms with Crippen LogP contribution in [0.1, 0.15) is 22.3 Å². The molecular weight excluding hydrogens is 592 g/mol. The van der Waals surface area contributed by atoms with E-state index >= 15 is 0 Å². The Kier molecular flexibility index (Phi) is 8.28. The summed E-state index contributed by atoms with van der Waals surface area (Å²) in [5, 5.41) is 0.710. The highest BCUT2D eigenvalue weighted by Gasteiger charge is 2.16. The van der Waals surface area contributed by atoms with Crippen molar-refractivity contribution in [1.82, 2.24) is 9.97 Å². The van der Waals surface area contributed by atoms with E-state index < -0.39 is 0 Å². The Morgan fingerprint density at radius 1 is 0.362 bits per heavy atom. The maximum atomic E-state index is 6.95. The van der Waals surface area contributed by atoms with Crippen molar-refractivity contribution in [1.29, 1.82) is 0 Å². The molecule has 0 aliphatic carbocycles. The molecule has 3 heteroatoms. The van der Waals surface area contributed by atoms with Crippen LogP contribution in [0.5, 0.6) is 0 Å². The zero-order valence-corrected chi connectivity index (χ0v) is 27.8. The Morgan fingerprint density at radius 2 is 0.702 bits per heavy atom. The van der Waals surface area contributed by atoms with Crippen molar-refractivity contribution in [3.63, 3.8) is 0 Å². The quantitative estimate of drug-likeness (QED) is 0.183. The Balaban J connectivity index is 1.33. The number of pyridine rings is 2. The van der Waals surface area contributed by atoms with Crippen LogP contribution in [-0.4, -0.2) is 9.97 Å². The zero-order valence-electron chi connectivity index (χ0n) is 27.1. The van der Waals surface area contributed by atoms with E-state index in [0.717, 1.165) is 55.9 Å². The molecule has 2 aromatic heterocycles. The van der Waals surface area contributed by atoms with Gasteiger partial charge in [0, 0.05) is 28.5 Å². The van der Waals surface area contributed by atoms with Crippen LogP contribution < -0.4 is 0 Å². The Bertz CT molecular complexity index is 2050. The Labute approximate surface area is 282 Å². The van der Waals surface area contributed by atoms with Gasteiger partial charge in [0.25, 0.3) is 0 Å². The summed E-state index contributed by atoms with van der Waals surface area (Å²) in [6.07, 6.45) is 3.67. The number of halogens is 1. The van der Waals surface area contributed by atoms with E-state index in [9.17, 15) is 0 Å². The largest absolute Gasteiger partial charge is 0.256 e. The summed E-state index contributed by atoms with van der Waals surface area (Å²) in [6, 6.07) is 45.0. The number of aromatic nitrogens is 2. The van der Waals surface area contributed by atoms with Crippen LogP contribution in [0.3, 0.4) is 0 Å². The van der Waals surface area contributed by atoms with Crippen molar-refractivity contribution in [2.45, 2.75) is 27.7 Å². The number of hydrogen-bond donors (Lipinski definition) is 0. The van der Waals surface area contributed by atoms with Crippen LogP contribution in [0.15, 0.2) is 140 Å². The van der Waals surface area contributed by atoms with E-state index in [1.54, 1.807) is 0 Å². The van der Waals surface area contributed by atoms with Crippen LogP contribution in [-0.2, 0) is 0 Å². The second-order valence-corrected chi connectivity index (χ2v) is 12.7. The molecule has 0 aliphatic rings. The average Bonchev–Trinajstić information content (AvgIpc) is 3.11. The van der Waals surface area contributed by atoms with Crippen molar-refractivity contribution < 1.29 is 0 Å². The van der Waals surface area contributed by atoms with Gasteiger partial charge in [-0.05, 0) is 137 Å². The molecule has 0 fully saturated rings. The lowest BCUT2D eigenvalue weighted by Crippen LogP contribution is -1.94. The first kappa shape index (κ1) is 30.3. The summed E-state index contributed by atoms with van der Waals surface area (Å²) in [5.74, 6) is 0. The fourth-order valence-corrected chi connectivity index (χ4v) is 6.43. The van der Waals surface area contributed by atoms with Gasteiger partial charge in [0.05, 0.1) is 11.4 Å². The average molecular weight is 627 g/mol. The SMILES string of the molecule is Cc1cc(-c2ccc(-c3ccccn3)cc2)c(-c2cc(Cl)cc(-c3cc(C)c(C)cc3-c3ccc(-c4ccccn4)cc3)c2)cc1C. The second-order valence-electron chi connectivity index (χ2n) is 12.3. The van der Waals surface area contributed by atoms with E-state index in [2.05, 4.69) is 129 Å². The van der Waals surface area contributed by atoms with Crippen LogP contribution in [0.2, 0.25) is 5.02 Å². The molecule has 0 saturated heterocycles. The number of benzene rings is 5. The first-order chi connectivity index (χ1) is 22.8. The summed E-state index contributed by atoms with van der Waals surface area (Å²) in [6.45, 7) is 8.70. The molecule has 2 nitrogen and oxygen atoms in total. The van der Waals surface area contributed by atoms with Gasteiger partial charge >= 0.3 is 0 Å². The Morgan fingerprint density at radius 3 is 1.04 bits per heavy atom. The monoisotopic (exact) mass is 626 g/mol. The van der Waals surface area contributed by atoms with Crippen molar-refractivity contribution in [3.8, 4) is 67.0 Å².